The maximum Gasteiger partial charge on any atom is 0.256 e. The minimum Gasteiger partial charge on any atom is -0.364 e. The standard InChI is InChI=1S/C20H20FN7O/c1-12-9-23-19(10-22-12)26-16-6-13-7-18(16)27(11-13)20(29)15-8-14(21)2-3-17(15)28-24-4-5-25-28/h2-5,8-10,13,16,18H,6-7,11H2,1H3,(H,23,26)/t13-,16+,18-/m0/s1. The van der Waals surface area contributed by atoms with Gasteiger partial charge in [0.15, 0.2) is 0 Å². The first-order valence-corrected chi connectivity index (χ1v) is 9.61. The predicted molar refractivity (Wildman–Crippen MR) is 103 cm³/mol. The lowest BCUT2D eigenvalue weighted by Crippen LogP contribution is -2.48. The first-order valence-electron chi connectivity index (χ1n) is 9.61. The lowest BCUT2D eigenvalue weighted by atomic mass is 10.0. The van der Waals surface area contributed by atoms with E-state index in [0.29, 0.717) is 24.0 Å². The van der Waals surface area contributed by atoms with Crippen LogP contribution in [0.5, 0.6) is 0 Å². The van der Waals surface area contributed by atoms with Crippen molar-refractivity contribution in [2.45, 2.75) is 31.8 Å². The monoisotopic (exact) mass is 393 g/mol. The Hall–Kier alpha value is -3.36. The average molecular weight is 393 g/mol. The summed E-state index contributed by atoms with van der Waals surface area (Å²) in [5.74, 6) is 0.455. The van der Waals surface area contributed by atoms with Crippen molar-refractivity contribution in [1.82, 2.24) is 29.9 Å². The van der Waals surface area contributed by atoms with Crippen molar-refractivity contribution in [3.05, 3.63) is 60.1 Å². The third kappa shape index (κ3) is 3.22. The number of benzene rings is 1. The summed E-state index contributed by atoms with van der Waals surface area (Å²) in [6.45, 7) is 2.56. The Morgan fingerprint density at radius 1 is 1.17 bits per heavy atom. The number of hydrogen-bond acceptors (Lipinski definition) is 6. The van der Waals surface area contributed by atoms with E-state index in [1.807, 2.05) is 11.8 Å². The highest BCUT2D eigenvalue weighted by atomic mass is 19.1. The van der Waals surface area contributed by atoms with E-state index >= 15 is 0 Å². The van der Waals surface area contributed by atoms with Crippen LogP contribution in [-0.2, 0) is 0 Å². The molecule has 5 rings (SSSR count). The van der Waals surface area contributed by atoms with Crippen LogP contribution in [0.15, 0.2) is 43.0 Å². The fourth-order valence-electron chi connectivity index (χ4n) is 4.42. The quantitative estimate of drug-likeness (QED) is 0.731. The van der Waals surface area contributed by atoms with E-state index in [2.05, 4.69) is 25.5 Å². The zero-order valence-corrected chi connectivity index (χ0v) is 15.9. The maximum absolute atomic E-state index is 14.0. The predicted octanol–water partition coefficient (Wildman–Crippen LogP) is 2.22. The summed E-state index contributed by atoms with van der Waals surface area (Å²) in [5.41, 5.74) is 1.59. The topological polar surface area (TPSA) is 88.8 Å². The number of nitrogens with one attached hydrogen (secondary N) is 1. The fraction of sp³-hybridized carbons (Fsp3) is 0.350. The number of fused-ring (bicyclic) bond motifs is 2. The molecule has 1 aliphatic heterocycles. The smallest absolute Gasteiger partial charge is 0.256 e. The van der Waals surface area contributed by atoms with Crippen LogP contribution >= 0.6 is 0 Å². The Bertz CT molecular complexity index is 1040. The number of carbonyl (C=O) groups is 1. The summed E-state index contributed by atoms with van der Waals surface area (Å²) in [7, 11) is 0. The van der Waals surface area contributed by atoms with Crippen molar-refractivity contribution >= 4 is 11.7 Å². The van der Waals surface area contributed by atoms with Gasteiger partial charge in [0.2, 0.25) is 0 Å². The van der Waals surface area contributed by atoms with E-state index in [1.54, 1.807) is 12.4 Å². The number of piperidine rings is 1. The van der Waals surface area contributed by atoms with E-state index in [4.69, 9.17) is 0 Å². The molecule has 0 spiro atoms. The number of likely N-dealkylation sites (tertiary alicyclic amines) is 1. The van der Waals surface area contributed by atoms with Crippen LogP contribution in [0, 0.1) is 18.7 Å². The van der Waals surface area contributed by atoms with Gasteiger partial charge in [-0.3, -0.25) is 9.78 Å². The summed E-state index contributed by atoms with van der Waals surface area (Å²) >= 11 is 0. The molecule has 2 aliphatic rings. The van der Waals surface area contributed by atoms with Crippen molar-refractivity contribution in [2.75, 3.05) is 11.9 Å². The lowest BCUT2D eigenvalue weighted by molar-refractivity contribution is 0.0691. The van der Waals surface area contributed by atoms with Gasteiger partial charge in [-0.25, -0.2) is 9.37 Å². The van der Waals surface area contributed by atoms with E-state index in [0.717, 1.165) is 18.5 Å². The van der Waals surface area contributed by atoms with Crippen LogP contribution in [-0.4, -0.2) is 54.4 Å². The van der Waals surface area contributed by atoms with Crippen LogP contribution in [0.25, 0.3) is 5.69 Å². The maximum atomic E-state index is 14.0. The van der Waals surface area contributed by atoms with Gasteiger partial charge in [0.1, 0.15) is 11.6 Å². The molecular formula is C20H20FN7O. The van der Waals surface area contributed by atoms with Crippen LogP contribution in [0.1, 0.15) is 28.9 Å². The second-order valence-corrected chi connectivity index (χ2v) is 7.64. The summed E-state index contributed by atoms with van der Waals surface area (Å²) in [6, 6.07) is 4.23. The Labute approximate surface area is 166 Å². The summed E-state index contributed by atoms with van der Waals surface area (Å²) in [5, 5.41) is 11.6. The molecule has 8 nitrogen and oxygen atoms in total. The lowest BCUT2D eigenvalue weighted by Gasteiger charge is -2.34. The first-order chi connectivity index (χ1) is 14.1. The van der Waals surface area contributed by atoms with E-state index in [-0.39, 0.29) is 23.6 Å². The number of hydrogen-bond donors (Lipinski definition) is 1. The minimum atomic E-state index is -0.460. The number of nitrogens with zero attached hydrogens (tertiary/aromatic N) is 6. The van der Waals surface area contributed by atoms with Gasteiger partial charge in [-0.15, -0.1) is 0 Å². The SMILES string of the molecule is Cc1cnc(N[C@@H]2C[C@H]3C[C@@H]2N(C(=O)c2cc(F)ccc2-n2nccn2)C3)cn1. The average Bonchev–Trinajstić information content (AvgIpc) is 3.46. The molecule has 29 heavy (non-hydrogen) atoms. The molecule has 2 aromatic heterocycles. The van der Waals surface area contributed by atoms with E-state index in [9.17, 15) is 9.18 Å². The number of carbonyl (C=O) groups excluding carboxylic acids is 1. The molecule has 1 aromatic carbocycles. The molecule has 2 bridgehead atoms. The molecule has 0 unspecified atom stereocenters. The molecule has 3 aromatic rings. The van der Waals surface area contributed by atoms with Crippen LogP contribution in [0.3, 0.4) is 0 Å². The van der Waals surface area contributed by atoms with E-state index in [1.165, 1.54) is 35.4 Å². The zero-order chi connectivity index (χ0) is 20.0. The highest BCUT2D eigenvalue weighted by Crippen LogP contribution is 2.40. The Balaban J connectivity index is 1.41. The number of halogens is 1. The minimum absolute atomic E-state index is 0.0253. The van der Waals surface area contributed by atoms with Gasteiger partial charge in [-0.1, -0.05) is 0 Å². The molecular weight excluding hydrogens is 373 g/mol. The molecule has 148 valence electrons. The van der Waals surface area contributed by atoms with Gasteiger partial charge < -0.3 is 10.2 Å². The van der Waals surface area contributed by atoms with Crippen molar-refractivity contribution in [2.24, 2.45) is 5.92 Å². The van der Waals surface area contributed by atoms with Crippen LogP contribution < -0.4 is 5.32 Å². The fourth-order valence-corrected chi connectivity index (χ4v) is 4.42. The van der Waals surface area contributed by atoms with Crippen molar-refractivity contribution < 1.29 is 9.18 Å². The third-order valence-electron chi connectivity index (χ3n) is 5.68. The van der Waals surface area contributed by atoms with Gasteiger partial charge in [0.25, 0.3) is 5.91 Å². The van der Waals surface area contributed by atoms with Gasteiger partial charge in [-0.2, -0.15) is 15.0 Å². The number of anilines is 1. The zero-order valence-electron chi connectivity index (χ0n) is 15.9. The molecule has 0 radical (unpaired) electrons. The van der Waals surface area contributed by atoms with Crippen LogP contribution in [0.2, 0.25) is 0 Å². The van der Waals surface area contributed by atoms with Crippen LogP contribution in [0.4, 0.5) is 10.2 Å². The number of aromatic nitrogens is 5. The largest absolute Gasteiger partial charge is 0.364 e. The molecule has 1 saturated carbocycles. The summed E-state index contributed by atoms with van der Waals surface area (Å²) in [4.78, 5) is 25.2. The van der Waals surface area contributed by atoms with Crippen molar-refractivity contribution in [3.63, 3.8) is 0 Å². The molecule has 1 aliphatic carbocycles. The van der Waals surface area contributed by atoms with Gasteiger partial charge in [-0.05, 0) is 43.9 Å². The number of rotatable bonds is 4. The molecule has 1 N–H and O–H groups in total. The molecule has 1 amide bonds. The normalized spacial score (nSPS) is 22.8. The summed E-state index contributed by atoms with van der Waals surface area (Å²) < 4.78 is 14.0. The number of amides is 1. The highest BCUT2D eigenvalue weighted by Gasteiger charge is 2.47. The van der Waals surface area contributed by atoms with E-state index < -0.39 is 5.82 Å². The van der Waals surface area contributed by atoms with Gasteiger partial charge in [0.05, 0.1) is 47.8 Å². The third-order valence-corrected chi connectivity index (χ3v) is 5.68. The summed E-state index contributed by atoms with van der Waals surface area (Å²) in [6.07, 6.45) is 8.38. The second-order valence-electron chi connectivity index (χ2n) is 7.64. The first kappa shape index (κ1) is 17.7. The Morgan fingerprint density at radius 2 is 2.00 bits per heavy atom. The molecule has 9 heteroatoms. The Kier molecular flexibility index (Phi) is 4.22. The number of aryl methyl sites for hydroxylation is 1. The Morgan fingerprint density at radius 3 is 2.72 bits per heavy atom. The van der Waals surface area contributed by atoms with Gasteiger partial charge >= 0.3 is 0 Å². The molecule has 1 saturated heterocycles. The van der Waals surface area contributed by atoms with Crippen molar-refractivity contribution in [1.29, 1.82) is 0 Å². The van der Waals surface area contributed by atoms with Gasteiger partial charge in [0, 0.05) is 12.6 Å². The molecule has 3 atom stereocenters. The highest BCUT2D eigenvalue weighted by molar-refractivity contribution is 5.98. The molecule has 3 heterocycles. The second kappa shape index (κ2) is 6.91. The molecule has 2 fully saturated rings. The van der Waals surface area contributed by atoms with Crippen molar-refractivity contribution in [3.8, 4) is 5.69 Å².